The zero-order chi connectivity index (χ0) is 20.0. The van der Waals surface area contributed by atoms with Crippen LogP contribution in [-0.2, 0) is 10.0 Å². The van der Waals surface area contributed by atoms with Crippen LogP contribution in [0, 0.1) is 10.1 Å². The molecule has 2 aromatic carbocycles. The normalized spacial score (nSPS) is 11.4. The van der Waals surface area contributed by atoms with E-state index >= 15 is 0 Å². The van der Waals surface area contributed by atoms with Crippen molar-refractivity contribution in [2.75, 3.05) is 34.3 Å². The number of sulfonamides is 1. The lowest BCUT2D eigenvalue weighted by molar-refractivity contribution is -0.385. The molecule has 0 unspecified atom stereocenters. The molecule has 2 aromatic rings. The second-order valence-electron chi connectivity index (χ2n) is 5.84. The van der Waals surface area contributed by atoms with Gasteiger partial charge in [-0.05, 0) is 38.4 Å². The number of ether oxygens (including phenoxy) is 2. The molecule has 146 valence electrons. The molecule has 0 atom stereocenters. The molecule has 0 heterocycles. The number of rotatable bonds is 9. The van der Waals surface area contributed by atoms with Gasteiger partial charge in [-0.1, -0.05) is 12.1 Å². The van der Waals surface area contributed by atoms with Gasteiger partial charge in [0.05, 0.1) is 16.9 Å². The van der Waals surface area contributed by atoms with Crippen LogP contribution in [0.4, 0.5) is 5.69 Å². The molecule has 0 radical (unpaired) electrons. The summed E-state index contributed by atoms with van der Waals surface area (Å²) in [6, 6.07) is 10.2. The number of nitro groups is 1. The van der Waals surface area contributed by atoms with E-state index in [2.05, 4.69) is 4.72 Å². The van der Waals surface area contributed by atoms with E-state index in [-0.39, 0.29) is 22.9 Å². The second kappa shape index (κ2) is 8.80. The molecule has 0 aliphatic carbocycles. The summed E-state index contributed by atoms with van der Waals surface area (Å²) in [5.41, 5.74) is -0.462. The first-order valence-electron chi connectivity index (χ1n) is 7.98. The number of nitro benzene ring substituents is 1. The van der Waals surface area contributed by atoms with E-state index in [0.29, 0.717) is 12.3 Å². The molecular weight excluding hydrogens is 374 g/mol. The highest BCUT2D eigenvalue weighted by molar-refractivity contribution is 7.89. The predicted octanol–water partition coefficient (Wildman–Crippen LogP) is 2.24. The highest BCUT2D eigenvalue weighted by Gasteiger charge is 2.23. The third-order valence-corrected chi connectivity index (χ3v) is 5.04. The van der Waals surface area contributed by atoms with E-state index in [1.165, 1.54) is 19.2 Å². The number of hydrogen-bond donors (Lipinski definition) is 1. The first-order valence-corrected chi connectivity index (χ1v) is 9.46. The molecule has 0 saturated heterocycles. The van der Waals surface area contributed by atoms with Crippen LogP contribution in [0.2, 0.25) is 0 Å². The molecule has 0 saturated carbocycles. The Kier molecular flexibility index (Phi) is 6.72. The smallest absolute Gasteiger partial charge is 0.312 e. The summed E-state index contributed by atoms with van der Waals surface area (Å²) in [7, 11) is 1.19. The van der Waals surface area contributed by atoms with Crippen molar-refractivity contribution in [3.63, 3.8) is 0 Å². The van der Waals surface area contributed by atoms with E-state index < -0.39 is 20.6 Å². The monoisotopic (exact) mass is 395 g/mol. The topological polar surface area (TPSA) is 111 Å². The maximum Gasteiger partial charge on any atom is 0.312 e. The molecule has 10 heteroatoms. The molecule has 9 nitrogen and oxygen atoms in total. The van der Waals surface area contributed by atoms with Crippen LogP contribution in [0.25, 0.3) is 0 Å². The number of hydrogen-bond acceptors (Lipinski definition) is 7. The van der Waals surface area contributed by atoms with Gasteiger partial charge in [0.2, 0.25) is 15.8 Å². The molecule has 0 spiro atoms. The minimum atomic E-state index is -3.88. The fourth-order valence-corrected chi connectivity index (χ4v) is 3.24. The maximum absolute atomic E-state index is 12.3. The summed E-state index contributed by atoms with van der Waals surface area (Å²) in [6.07, 6.45) is 0. The maximum atomic E-state index is 12.3. The van der Waals surface area contributed by atoms with Crippen molar-refractivity contribution in [1.82, 2.24) is 9.62 Å². The minimum Gasteiger partial charge on any atom is -0.493 e. The lowest BCUT2D eigenvalue weighted by atomic mass is 10.3. The largest absolute Gasteiger partial charge is 0.493 e. The number of methoxy groups -OCH3 is 1. The first kappa shape index (κ1) is 20.6. The summed E-state index contributed by atoms with van der Waals surface area (Å²) < 4.78 is 37.8. The molecule has 27 heavy (non-hydrogen) atoms. The minimum absolute atomic E-state index is 0.0864. The van der Waals surface area contributed by atoms with Crippen LogP contribution in [-0.4, -0.2) is 52.5 Å². The summed E-state index contributed by atoms with van der Waals surface area (Å²) in [5, 5.41) is 11.4. The molecule has 0 amide bonds. The fraction of sp³-hybridized carbons (Fsp3) is 0.294. The van der Waals surface area contributed by atoms with Crippen molar-refractivity contribution < 1.29 is 22.8 Å². The number of benzene rings is 2. The van der Waals surface area contributed by atoms with Crippen LogP contribution in [0.1, 0.15) is 0 Å². The Labute approximate surface area is 157 Å². The zero-order valence-corrected chi connectivity index (χ0v) is 16.0. The first-order chi connectivity index (χ1) is 12.7. The van der Waals surface area contributed by atoms with Gasteiger partial charge >= 0.3 is 5.69 Å². The van der Waals surface area contributed by atoms with Gasteiger partial charge in [-0.15, -0.1) is 0 Å². The van der Waals surface area contributed by atoms with Gasteiger partial charge in [0.1, 0.15) is 0 Å². The lowest BCUT2D eigenvalue weighted by Gasteiger charge is -2.12. The average Bonchev–Trinajstić information content (AvgIpc) is 2.61. The van der Waals surface area contributed by atoms with Crippen molar-refractivity contribution in [3.8, 4) is 17.2 Å². The molecule has 2 rings (SSSR count). The molecule has 0 bridgehead atoms. The summed E-state index contributed by atoms with van der Waals surface area (Å²) in [5.74, 6) is 0.591. The Morgan fingerprint density at radius 3 is 2.37 bits per heavy atom. The van der Waals surface area contributed by atoms with Crippen LogP contribution < -0.4 is 14.2 Å². The highest BCUT2D eigenvalue weighted by atomic mass is 32.2. The Bertz CT molecular complexity index is 915. The van der Waals surface area contributed by atoms with Crippen molar-refractivity contribution in [3.05, 3.63) is 52.6 Å². The standard InChI is InChI=1S/C17H21N3O6S/c1-19(2)11-10-18-27(23,24)13-8-9-15(14(12-13)20(21)22)26-17-7-5-4-6-16(17)25-3/h4-9,12,18H,10-11H2,1-3H3. The average molecular weight is 395 g/mol. The zero-order valence-electron chi connectivity index (χ0n) is 15.2. The van der Waals surface area contributed by atoms with Crippen molar-refractivity contribution in [2.45, 2.75) is 4.90 Å². The van der Waals surface area contributed by atoms with Crippen molar-refractivity contribution >= 4 is 15.7 Å². The van der Waals surface area contributed by atoms with Crippen LogP contribution in [0.15, 0.2) is 47.4 Å². The number of nitrogens with zero attached hydrogens (tertiary/aromatic N) is 2. The summed E-state index contributed by atoms with van der Waals surface area (Å²) in [4.78, 5) is 12.3. The predicted molar refractivity (Wildman–Crippen MR) is 99.9 cm³/mol. The van der Waals surface area contributed by atoms with Gasteiger partial charge < -0.3 is 14.4 Å². The van der Waals surface area contributed by atoms with Crippen molar-refractivity contribution in [1.29, 1.82) is 0 Å². The Hall–Kier alpha value is -2.69. The quantitative estimate of drug-likeness (QED) is 0.512. The Morgan fingerprint density at radius 1 is 1.11 bits per heavy atom. The van der Waals surface area contributed by atoms with E-state index in [0.717, 1.165) is 6.07 Å². The van der Waals surface area contributed by atoms with E-state index in [1.54, 1.807) is 24.3 Å². The lowest BCUT2D eigenvalue weighted by Crippen LogP contribution is -2.31. The molecule has 0 aromatic heterocycles. The number of para-hydroxylation sites is 2. The van der Waals surface area contributed by atoms with Gasteiger partial charge in [0.15, 0.2) is 11.5 Å². The second-order valence-corrected chi connectivity index (χ2v) is 7.61. The molecule has 1 N–H and O–H groups in total. The molecule has 0 fully saturated rings. The van der Waals surface area contributed by atoms with Gasteiger partial charge in [0.25, 0.3) is 0 Å². The summed E-state index contributed by atoms with van der Waals surface area (Å²) in [6.45, 7) is 0.679. The van der Waals surface area contributed by atoms with Crippen LogP contribution in [0.5, 0.6) is 17.2 Å². The molecular formula is C17H21N3O6S. The van der Waals surface area contributed by atoms with Crippen LogP contribution in [0.3, 0.4) is 0 Å². The van der Waals surface area contributed by atoms with Gasteiger partial charge in [0, 0.05) is 19.2 Å². The molecule has 0 aliphatic heterocycles. The van der Waals surface area contributed by atoms with E-state index in [1.807, 2.05) is 19.0 Å². The highest BCUT2D eigenvalue weighted by Crippen LogP contribution is 2.37. The van der Waals surface area contributed by atoms with E-state index in [9.17, 15) is 18.5 Å². The van der Waals surface area contributed by atoms with Gasteiger partial charge in [-0.25, -0.2) is 13.1 Å². The number of likely N-dealkylation sites (N-methyl/N-ethyl adjacent to an activating group) is 1. The Balaban J connectivity index is 2.33. The Morgan fingerprint density at radius 2 is 1.78 bits per heavy atom. The fourth-order valence-electron chi connectivity index (χ4n) is 2.20. The van der Waals surface area contributed by atoms with Crippen LogP contribution >= 0.6 is 0 Å². The number of nitrogens with one attached hydrogen (secondary N) is 1. The van der Waals surface area contributed by atoms with Gasteiger partial charge in [-0.3, -0.25) is 10.1 Å². The molecule has 0 aliphatic rings. The van der Waals surface area contributed by atoms with Crippen molar-refractivity contribution in [2.24, 2.45) is 0 Å². The van der Waals surface area contributed by atoms with Gasteiger partial charge in [-0.2, -0.15) is 0 Å². The SMILES string of the molecule is COc1ccccc1Oc1ccc(S(=O)(=O)NCCN(C)C)cc1[N+](=O)[O-]. The third kappa shape index (κ3) is 5.39. The van der Waals surface area contributed by atoms with E-state index in [4.69, 9.17) is 9.47 Å². The third-order valence-electron chi connectivity index (χ3n) is 3.58. The summed E-state index contributed by atoms with van der Waals surface area (Å²) >= 11 is 0.